The number of benzene rings is 2. The number of rotatable bonds is 4. The van der Waals surface area contributed by atoms with Gasteiger partial charge in [-0.15, -0.1) is 0 Å². The van der Waals surface area contributed by atoms with Crippen LogP contribution in [-0.2, 0) is 6.42 Å². The number of nitrogens with one attached hydrogen (secondary N) is 1. The molecule has 6 heteroatoms. The average molecular weight is 330 g/mol. The normalized spacial score (nSPS) is 11.2. The van der Waals surface area contributed by atoms with E-state index in [0.29, 0.717) is 17.6 Å². The van der Waals surface area contributed by atoms with E-state index in [0.717, 1.165) is 22.2 Å². The fourth-order valence-corrected chi connectivity index (χ4v) is 2.49. The lowest BCUT2D eigenvalue weighted by molar-refractivity contribution is -0.0498. The van der Waals surface area contributed by atoms with Crippen molar-refractivity contribution in [1.82, 2.24) is 9.97 Å². The molecule has 24 heavy (non-hydrogen) atoms. The van der Waals surface area contributed by atoms with Crippen LogP contribution in [0.5, 0.6) is 5.75 Å². The van der Waals surface area contributed by atoms with Crippen molar-refractivity contribution in [3.8, 4) is 5.75 Å². The molecule has 3 aromatic rings. The minimum absolute atomic E-state index is 0.0835. The highest BCUT2D eigenvalue weighted by Crippen LogP contribution is 2.18. The molecular weight excluding hydrogens is 314 g/mol. The Balaban J connectivity index is 1.90. The minimum atomic E-state index is -2.85. The van der Waals surface area contributed by atoms with Gasteiger partial charge in [0.15, 0.2) is 0 Å². The third-order valence-electron chi connectivity index (χ3n) is 3.90. The van der Waals surface area contributed by atoms with Crippen molar-refractivity contribution in [3.63, 3.8) is 0 Å². The van der Waals surface area contributed by atoms with Crippen molar-refractivity contribution in [3.05, 3.63) is 69.1 Å². The van der Waals surface area contributed by atoms with Gasteiger partial charge in [0.05, 0.1) is 11.0 Å². The standard InChI is InChI=1S/C18H16F2N2O2/c1-10-7-14-15(8-11(10)2)22-17(23)16(21-14)9-12-3-5-13(6-4-12)24-18(19)20/h3-8,18H,9H2,1-2H3,(H,22,23). The van der Waals surface area contributed by atoms with Gasteiger partial charge in [0.1, 0.15) is 11.4 Å². The lowest BCUT2D eigenvalue weighted by Gasteiger charge is -2.07. The van der Waals surface area contributed by atoms with E-state index in [1.54, 1.807) is 12.1 Å². The summed E-state index contributed by atoms with van der Waals surface area (Å²) in [5.74, 6) is 0.0835. The average Bonchev–Trinajstić information content (AvgIpc) is 2.51. The number of aromatic nitrogens is 2. The Morgan fingerprint density at radius 1 is 1.12 bits per heavy atom. The molecule has 0 bridgehead atoms. The monoisotopic (exact) mass is 330 g/mol. The molecule has 0 aliphatic rings. The molecule has 1 heterocycles. The van der Waals surface area contributed by atoms with E-state index in [4.69, 9.17) is 0 Å². The molecule has 3 rings (SSSR count). The summed E-state index contributed by atoms with van der Waals surface area (Å²) < 4.78 is 28.6. The van der Waals surface area contributed by atoms with Crippen molar-refractivity contribution in [1.29, 1.82) is 0 Å². The molecule has 0 spiro atoms. The van der Waals surface area contributed by atoms with Crippen molar-refractivity contribution in [2.45, 2.75) is 26.9 Å². The molecule has 1 aromatic heterocycles. The van der Waals surface area contributed by atoms with Crippen LogP contribution in [0.4, 0.5) is 8.78 Å². The molecular formula is C18H16F2N2O2. The van der Waals surface area contributed by atoms with Gasteiger partial charge in [0.2, 0.25) is 0 Å². The predicted octanol–water partition coefficient (Wildman–Crippen LogP) is 3.73. The van der Waals surface area contributed by atoms with E-state index in [9.17, 15) is 13.6 Å². The summed E-state index contributed by atoms with van der Waals surface area (Å²) in [6.45, 7) is 1.11. The first-order valence-electron chi connectivity index (χ1n) is 7.46. The molecule has 1 N–H and O–H groups in total. The summed E-state index contributed by atoms with van der Waals surface area (Å²) in [5, 5.41) is 0. The summed E-state index contributed by atoms with van der Waals surface area (Å²) in [5.41, 5.74) is 4.53. The van der Waals surface area contributed by atoms with Crippen molar-refractivity contribution < 1.29 is 13.5 Å². The molecule has 124 valence electrons. The van der Waals surface area contributed by atoms with E-state index in [-0.39, 0.29) is 11.3 Å². The molecule has 4 nitrogen and oxygen atoms in total. The quantitative estimate of drug-likeness (QED) is 0.793. The van der Waals surface area contributed by atoms with Gasteiger partial charge in [0.25, 0.3) is 5.56 Å². The highest BCUT2D eigenvalue weighted by Gasteiger charge is 2.09. The first-order valence-corrected chi connectivity index (χ1v) is 7.46. The van der Waals surface area contributed by atoms with Gasteiger partial charge >= 0.3 is 6.61 Å². The second-order valence-electron chi connectivity index (χ2n) is 5.67. The summed E-state index contributed by atoms with van der Waals surface area (Å²) in [4.78, 5) is 19.5. The van der Waals surface area contributed by atoms with Gasteiger partial charge in [-0.3, -0.25) is 4.79 Å². The maximum atomic E-state index is 12.2. The smallest absolute Gasteiger partial charge is 0.387 e. The Hall–Kier alpha value is -2.76. The predicted molar refractivity (Wildman–Crippen MR) is 87.7 cm³/mol. The van der Waals surface area contributed by atoms with Crippen LogP contribution >= 0.6 is 0 Å². The number of hydrogen-bond donors (Lipinski definition) is 1. The SMILES string of the molecule is Cc1cc2nc(Cc3ccc(OC(F)F)cc3)c(=O)[nH]c2cc1C. The molecule has 0 aliphatic heterocycles. The first kappa shape index (κ1) is 16.1. The van der Waals surface area contributed by atoms with E-state index in [1.165, 1.54) is 12.1 Å². The first-order chi connectivity index (χ1) is 11.4. The Morgan fingerprint density at radius 3 is 2.46 bits per heavy atom. The van der Waals surface area contributed by atoms with E-state index in [1.807, 2.05) is 26.0 Å². The number of hydrogen-bond acceptors (Lipinski definition) is 3. The zero-order valence-electron chi connectivity index (χ0n) is 13.3. The fourth-order valence-electron chi connectivity index (χ4n) is 2.49. The van der Waals surface area contributed by atoms with Gasteiger partial charge in [-0.25, -0.2) is 4.98 Å². The summed E-state index contributed by atoms with van der Waals surface area (Å²) in [7, 11) is 0. The third-order valence-corrected chi connectivity index (χ3v) is 3.90. The molecule has 0 unspecified atom stereocenters. The van der Waals surface area contributed by atoms with Gasteiger partial charge in [-0.2, -0.15) is 8.78 Å². The Labute approximate surface area is 137 Å². The van der Waals surface area contributed by atoms with Crippen molar-refractivity contribution in [2.24, 2.45) is 0 Å². The van der Waals surface area contributed by atoms with Crippen LogP contribution in [0.15, 0.2) is 41.2 Å². The van der Waals surface area contributed by atoms with Crippen LogP contribution in [0, 0.1) is 13.8 Å². The summed E-state index contributed by atoms with van der Waals surface area (Å²) in [6, 6.07) is 10.0. The fraction of sp³-hybridized carbons (Fsp3) is 0.222. The number of ether oxygens (including phenoxy) is 1. The molecule has 0 aliphatic carbocycles. The van der Waals surface area contributed by atoms with Crippen molar-refractivity contribution >= 4 is 11.0 Å². The Kier molecular flexibility index (Phi) is 4.29. The largest absolute Gasteiger partial charge is 0.435 e. The Bertz CT molecular complexity index is 934. The number of fused-ring (bicyclic) bond motifs is 1. The van der Waals surface area contributed by atoms with Crippen LogP contribution in [-0.4, -0.2) is 16.6 Å². The number of alkyl halides is 2. The van der Waals surface area contributed by atoms with Crippen LogP contribution in [0.2, 0.25) is 0 Å². The minimum Gasteiger partial charge on any atom is -0.435 e. The molecule has 0 saturated carbocycles. The molecule has 0 fully saturated rings. The highest BCUT2D eigenvalue weighted by atomic mass is 19.3. The molecule has 0 amide bonds. The summed E-state index contributed by atoms with van der Waals surface area (Å²) >= 11 is 0. The zero-order valence-corrected chi connectivity index (χ0v) is 13.3. The van der Waals surface area contributed by atoms with Crippen LogP contribution in [0.25, 0.3) is 11.0 Å². The topological polar surface area (TPSA) is 55.0 Å². The van der Waals surface area contributed by atoms with Gasteiger partial charge in [0, 0.05) is 6.42 Å². The maximum Gasteiger partial charge on any atom is 0.387 e. The van der Waals surface area contributed by atoms with Gasteiger partial charge < -0.3 is 9.72 Å². The number of halogens is 2. The number of aromatic amines is 1. The van der Waals surface area contributed by atoms with Gasteiger partial charge in [-0.05, 0) is 54.8 Å². The second kappa shape index (κ2) is 6.39. The van der Waals surface area contributed by atoms with E-state index in [2.05, 4.69) is 14.7 Å². The highest BCUT2D eigenvalue weighted by molar-refractivity contribution is 5.76. The van der Waals surface area contributed by atoms with Crippen LogP contribution in [0.1, 0.15) is 22.4 Å². The molecule has 2 aromatic carbocycles. The second-order valence-corrected chi connectivity index (χ2v) is 5.67. The van der Waals surface area contributed by atoms with E-state index >= 15 is 0 Å². The third kappa shape index (κ3) is 3.42. The molecule has 0 saturated heterocycles. The molecule has 0 atom stereocenters. The number of aryl methyl sites for hydroxylation is 2. The summed E-state index contributed by atoms with van der Waals surface area (Å²) in [6.07, 6.45) is 0.313. The Morgan fingerprint density at radius 2 is 1.79 bits per heavy atom. The van der Waals surface area contributed by atoms with Crippen molar-refractivity contribution in [2.75, 3.05) is 0 Å². The lowest BCUT2D eigenvalue weighted by Crippen LogP contribution is -2.15. The lowest BCUT2D eigenvalue weighted by atomic mass is 10.1. The van der Waals surface area contributed by atoms with Crippen LogP contribution in [0.3, 0.4) is 0 Å². The number of H-pyrrole nitrogens is 1. The van der Waals surface area contributed by atoms with Crippen LogP contribution < -0.4 is 10.3 Å². The molecule has 0 radical (unpaired) electrons. The van der Waals surface area contributed by atoms with E-state index < -0.39 is 6.61 Å². The van der Waals surface area contributed by atoms with Gasteiger partial charge in [-0.1, -0.05) is 12.1 Å². The zero-order chi connectivity index (χ0) is 17.3. The maximum absolute atomic E-state index is 12.2. The number of nitrogens with zero attached hydrogens (tertiary/aromatic N) is 1.